The molecular formula is C10H11IN4O. The fourth-order valence-corrected chi connectivity index (χ4v) is 2.16. The van der Waals surface area contributed by atoms with E-state index in [1.54, 1.807) is 19.3 Å². The van der Waals surface area contributed by atoms with Gasteiger partial charge >= 0.3 is 0 Å². The van der Waals surface area contributed by atoms with Crippen molar-refractivity contribution in [1.82, 2.24) is 19.3 Å². The van der Waals surface area contributed by atoms with Gasteiger partial charge in [0.05, 0.1) is 17.6 Å². The second-order valence-corrected chi connectivity index (χ2v) is 4.57. The number of hydrogen-bond donors (Lipinski definition) is 0. The van der Waals surface area contributed by atoms with Crippen LogP contribution < -0.4 is 5.56 Å². The van der Waals surface area contributed by atoms with E-state index in [-0.39, 0.29) is 5.56 Å². The highest BCUT2D eigenvalue weighted by molar-refractivity contribution is 14.1. The molecule has 84 valence electrons. The van der Waals surface area contributed by atoms with E-state index in [9.17, 15) is 4.79 Å². The summed E-state index contributed by atoms with van der Waals surface area (Å²) in [6, 6.07) is 1.56. The number of imidazole rings is 1. The molecule has 2 aromatic heterocycles. The quantitative estimate of drug-likeness (QED) is 0.738. The lowest BCUT2D eigenvalue weighted by Crippen LogP contribution is -2.19. The van der Waals surface area contributed by atoms with Crippen molar-refractivity contribution in [2.24, 2.45) is 7.05 Å². The number of nitrogens with zero attached hydrogens (tertiary/aromatic N) is 4. The summed E-state index contributed by atoms with van der Waals surface area (Å²) in [7, 11) is 1.63. The average Bonchev–Trinajstić information content (AvgIpc) is 2.47. The van der Waals surface area contributed by atoms with E-state index in [4.69, 9.17) is 0 Å². The molecule has 0 saturated carbocycles. The second kappa shape index (κ2) is 4.00. The standard InChI is InChI=1S/C10H11IN4O/c1-6-10(11)13-7(2)15(6)8-4-9(16)14(3)12-5-8/h4-5H,1-3H3. The SMILES string of the molecule is Cc1nc(I)c(C)n1-c1cnn(C)c(=O)c1. The van der Waals surface area contributed by atoms with Gasteiger partial charge in [-0.25, -0.2) is 9.67 Å². The van der Waals surface area contributed by atoms with Crippen LogP contribution in [0.3, 0.4) is 0 Å². The molecule has 0 spiro atoms. The smallest absolute Gasteiger partial charge is 0.268 e. The first-order valence-electron chi connectivity index (χ1n) is 4.76. The van der Waals surface area contributed by atoms with Gasteiger partial charge in [0.15, 0.2) is 0 Å². The van der Waals surface area contributed by atoms with Crippen LogP contribution >= 0.6 is 22.6 Å². The number of rotatable bonds is 1. The minimum Gasteiger partial charge on any atom is -0.298 e. The Morgan fingerprint density at radius 1 is 1.38 bits per heavy atom. The molecule has 0 aromatic carbocycles. The van der Waals surface area contributed by atoms with Gasteiger partial charge < -0.3 is 0 Å². The number of aromatic nitrogens is 4. The van der Waals surface area contributed by atoms with Crippen LogP contribution in [0.25, 0.3) is 5.69 Å². The maximum absolute atomic E-state index is 11.5. The van der Waals surface area contributed by atoms with Crippen LogP contribution in [-0.4, -0.2) is 19.3 Å². The lowest BCUT2D eigenvalue weighted by molar-refractivity contribution is 0.700. The molecule has 6 heteroatoms. The number of hydrogen-bond acceptors (Lipinski definition) is 3. The van der Waals surface area contributed by atoms with Crippen LogP contribution in [0.15, 0.2) is 17.1 Å². The number of aryl methyl sites for hydroxylation is 2. The van der Waals surface area contributed by atoms with Gasteiger partial charge in [0.25, 0.3) is 5.56 Å². The lowest BCUT2D eigenvalue weighted by Gasteiger charge is -2.07. The molecule has 0 fully saturated rings. The zero-order valence-electron chi connectivity index (χ0n) is 9.23. The van der Waals surface area contributed by atoms with Crippen molar-refractivity contribution in [3.05, 3.63) is 37.8 Å². The molecule has 0 unspecified atom stereocenters. The van der Waals surface area contributed by atoms with Gasteiger partial charge in [-0.15, -0.1) is 0 Å². The van der Waals surface area contributed by atoms with Crippen LogP contribution in [0.4, 0.5) is 0 Å². The Bertz CT molecular complexity index is 599. The Morgan fingerprint density at radius 2 is 2.06 bits per heavy atom. The molecule has 0 aliphatic rings. The maximum atomic E-state index is 11.5. The van der Waals surface area contributed by atoms with Gasteiger partial charge in [0.2, 0.25) is 0 Å². The average molecular weight is 330 g/mol. The first-order valence-corrected chi connectivity index (χ1v) is 5.83. The van der Waals surface area contributed by atoms with E-state index < -0.39 is 0 Å². The molecule has 0 aliphatic heterocycles. The highest BCUT2D eigenvalue weighted by atomic mass is 127. The van der Waals surface area contributed by atoms with Crippen LogP contribution in [0.1, 0.15) is 11.5 Å². The Morgan fingerprint density at radius 3 is 2.56 bits per heavy atom. The van der Waals surface area contributed by atoms with Gasteiger partial charge in [0.1, 0.15) is 9.53 Å². The van der Waals surface area contributed by atoms with Crippen molar-refractivity contribution in [2.75, 3.05) is 0 Å². The normalized spacial score (nSPS) is 10.8. The largest absolute Gasteiger partial charge is 0.298 e. The Kier molecular flexibility index (Phi) is 2.83. The summed E-state index contributed by atoms with van der Waals surface area (Å²) in [6.07, 6.45) is 1.67. The molecule has 5 nitrogen and oxygen atoms in total. The van der Waals surface area contributed by atoms with Crippen molar-refractivity contribution in [1.29, 1.82) is 0 Å². The zero-order valence-corrected chi connectivity index (χ0v) is 11.4. The Hall–Kier alpha value is -1.18. The van der Waals surface area contributed by atoms with Gasteiger partial charge in [-0.3, -0.25) is 9.36 Å². The zero-order chi connectivity index (χ0) is 11.9. The third-order valence-corrected chi connectivity index (χ3v) is 3.45. The summed E-state index contributed by atoms with van der Waals surface area (Å²) < 4.78 is 4.17. The summed E-state index contributed by atoms with van der Waals surface area (Å²) in [4.78, 5) is 15.9. The second-order valence-electron chi connectivity index (χ2n) is 3.55. The van der Waals surface area contributed by atoms with E-state index in [0.29, 0.717) is 0 Å². The van der Waals surface area contributed by atoms with Crippen LogP contribution in [-0.2, 0) is 7.05 Å². The van der Waals surface area contributed by atoms with Crippen molar-refractivity contribution < 1.29 is 0 Å². The van der Waals surface area contributed by atoms with Crippen molar-refractivity contribution in [3.8, 4) is 5.69 Å². The number of halogens is 1. The van der Waals surface area contributed by atoms with E-state index >= 15 is 0 Å². The van der Waals surface area contributed by atoms with Crippen LogP contribution in [0, 0.1) is 17.5 Å². The molecule has 16 heavy (non-hydrogen) atoms. The predicted octanol–water partition coefficient (Wildman–Crippen LogP) is 1.19. The summed E-state index contributed by atoms with van der Waals surface area (Å²) in [5.74, 6) is 0.858. The third-order valence-electron chi connectivity index (χ3n) is 2.43. The Balaban J connectivity index is 2.67. The van der Waals surface area contributed by atoms with Gasteiger partial charge in [-0.2, -0.15) is 5.10 Å². The molecule has 2 heterocycles. The molecule has 0 saturated heterocycles. The minimum absolute atomic E-state index is 0.125. The van der Waals surface area contributed by atoms with E-state index in [0.717, 1.165) is 20.9 Å². The molecule has 0 aliphatic carbocycles. The molecular weight excluding hydrogens is 319 g/mol. The first-order chi connectivity index (χ1) is 7.50. The first kappa shape index (κ1) is 11.3. The molecule has 2 aromatic rings. The minimum atomic E-state index is -0.125. The maximum Gasteiger partial charge on any atom is 0.268 e. The fraction of sp³-hybridized carbons (Fsp3) is 0.300. The van der Waals surface area contributed by atoms with Crippen molar-refractivity contribution in [2.45, 2.75) is 13.8 Å². The van der Waals surface area contributed by atoms with Crippen molar-refractivity contribution >= 4 is 22.6 Å². The summed E-state index contributed by atoms with van der Waals surface area (Å²) >= 11 is 2.18. The van der Waals surface area contributed by atoms with Gasteiger partial charge in [0, 0.05) is 13.1 Å². The summed E-state index contributed by atoms with van der Waals surface area (Å²) in [5, 5.41) is 4.00. The monoisotopic (exact) mass is 330 g/mol. The lowest BCUT2D eigenvalue weighted by atomic mass is 10.4. The molecule has 2 rings (SSSR count). The molecule has 0 radical (unpaired) electrons. The van der Waals surface area contributed by atoms with E-state index in [1.807, 2.05) is 18.4 Å². The van der Waals surface area contributed by atoms with Crippen molar-refractivity contribution in [3.63, 3.8) is 0 Å². The topological polar surface area (TPSA) is 52.7 Å². The summed E-state index contributed by atoms with van der Waals surface area (Å²) in [6.45, 7) is 3.88. The highest BCUT2D eigenvalue weighted by Crippen LogP contribution is 2.17. The third kappa shape index (κ3) is 1.77. The highest BCUT2D eigenvalue weighted by Gasteiger charge is 2.11. The van der Waals surface area contributed by atoms with Gasteiger partial charge in [-0.05, 0) is 36.4 Å². The van der Waals surface area contributed by atoms with E-state index in [2.05, 4.69) is 32.7 Å². The summed E-state index contributed by atoms with van der Waals surface area (Å²) in [5.41, 5.74) is 1.65. The van der Waals surface area contributed by atoms with Gasteiger partial charge in [-0.1, -0.05) is 0 Å². The fourth-order valence-electron chi connectivity index (χ4n) is 1.57. The molecule has 0 N–H and O–H groups in total. The molecule has 0 bridgehead atoms. The Labute approximate surface area is 106 Å². The molecule has 0 atom stereocenters. The van der Waals surface area contributed by atoms with E-state index in [1.165, 1.54) is 4.68 Å². The van der Waals surface area contributed by atoms with Crippen LogP contribution in [0.5, 0.6) is 0 Å². The predicted molar refractivity (Wildman–Crippen MR) is 68.8 cm³/mol. The van der Waals surface area contributed by atoms with Crippen LogP contribution in [0.2, 0.25) is 0 Å². The molecule has 0 amide bonds.